The number of rotatable bonds is 2. The molecule has 4 rings (SSSR count). The van der Waals surface area contributed by atoms with Gasteiger partial charge in [-0.3, -0.25) is 4.79 Å². The van der Waals surface area contributed by atoms with Gasteiger partial charge in [0.1, 0.15) is 5.75 Å². The van der Waals surface area contributed by atoms with Gasteiger partial charge >= 0.3 is 0 Å². The van der Waals surface area contributed by atoms with E-state index >= 15 is 0 Å². The van der Waals surface area contributed by atoms with Gasteiger partial charge in [-0.05, 0) is 36.1 Å². The van der Waals surface area contributed by atoms with E-state index in [1.165, 1.54) is 0 Å². The van der Waals surface area contributed by atoms with Crippen LogP contribution in [0.4, 0.5) is 0 Å². The topological polar surface area (TPSA) is 69.4 Å². The zero-order valence-corrected chi connectivity index (χ0v) is 13.9. The zero-order chi connectivity index (χ0) is 16.9. The Morgan fingerprint density at radius 2 is 1.92 bits per heavy atom. The lowest BCUT2D eigenvalue weighted by Gasteiger charge is -2.29. The summed E-state index contributed by atoms with van der Waals surface area (Å²) in [5.74, 6) is 2.02. The molecule has 6 nitrogen and oxygen atoms in total. The monoisotopic (exact) mass is 322 g/mol. The van der Waals surface area contributed by atoms with E-state index in [2.05, 4.69) is 28.9 Å². The SMILES string of the molecule is COc1ccc(-c2nc3ncc4c(n3n2)CC(C)(C)CC4=O)cc1. The van der Waals surface area contributed by atoms with Crippen molar-refractivity contribution in [3.8, 4) is 17.1 Å². The first-order valence-corrected chi connectivity index (χ1v) is 7.89. The Kier molecular flexibility index (Phi) is 3.16. The van der Waals surface area contributed by atoms with Crippen LogP contribution >= 0.6 is 0 Å². The summed E-state index contributed by atoms with van der Waals surface area (Å²) in [6, 6.07) is 7.57. The second-order valence-corrected chi connectivity index (χ2v) is 6.94. The molecule has 0 saturated heterocycles. The summed E-state index contributed by atoms with van der Waals surface area (Å²) in [4.78, 5) is 21.2. The van der Waals surface area contributed by atoms with Crippen molar-refractivity contribution in [2.24, 2.45) is 5.41 Å². The molecule has 1 aromatic carbocycles. The fourth-order valence-electron chi connectivity index (χ4n) is 3.19. The number of hydrogen-bond acceptors (Lipinski definition) is 5. The highest BCUT2D eigenvalue weighted by molar-refractivity contribution is 5.98. The molecule has 0 saturated carbocycles. The van der Waals surface area contributed by atoms with E-state index in [0.717, 1.165) is 23.4 Å². The molecule has 1 aliphatic carbocycles. The van der Waals surface area contributed by atoms with Crippen molar-refractivity contribution in [1.82, 2.24) is 19.6 Å². The third-order valence-corrected chi connectivity index (χ3v) is 4.40. The molecule has 0 spiro atoms. The van der Waals surface area contributed by atoms with Crippen molar-refractivity contribution in [3.63, 3.8) is 0 Å². The molecule has 0 radical (unpaired) electrons. The van der Waals surface area contributed by atoms with E-state index in [0.29, 0.717) is 23.6 Å². The summed E-state index contributed by atoms with van der Waals surface area (Å²) in [6.07, 6.45) is 2.94. The second kappa shape index (κ2) is 5.12. The molecule has 0 aliphatic heterocycles. The number of ether oxygens (including phenoxy) is 1. The maximum Gasteiger partial charge on any atom is 0.252 e. The molecule has 1 aliphatic rings. The van der Waals surface area contributed by atoms with Crippen LogP contribution < -0.4 is 4.74 Å². The molecule has 0 unspecified atom stereocenters. The number of aromatic nitrogens is 4. The standard InChI is InChI=1S/C18H18N4O2/c1-18(2)8-14-13(15(23)9-18)10-19-17-20-16(21-22(14)17)11-4-6-12(24-3)7-5-11/h4-7,10H,8-9H2,1-3H3. The van der Waals surface area contributed by atoms with Gasteiger partial charge in [-0.2, -0.15) is 9.50 Å². The third kappa shape index (κ3) is 2.35. The van der Waals surface area contributed by atoms with Crippen molar-refractivity contribution in [1.29, 1.82) is 0 Å². The van der Waals surface area contributed by atoms with E-state index in [1.807, 2.05) is 24.3 Å². The van der Waals surface area contributed by atoms with E-state index in [-0.39, 0.29) is 11.2 Å². The first-order chi connectivity index (χ1) is 11.5. The number of methoxy groups -OCH3 is 1. The number of ketones is 1. The second-order valence-electron chi connectivity index (χ2n) is 6.94. The summed E-state index contributed by atoms with van der Waals surface area (Å²) in [5.41, 5.74) is 2.36. The molecule has 24 heavy (non-hydrogen) atoms. The van der Waals surface area contributed by atoms with Crippen LogP contribution in [0.15, 0.2) is 30.5 Å². The molecule has 0 bridgehead atoms. The van der Waals surface area contributed by atoms with Gasteiger partial charge in [0.25, 0.3) is 5.78 Å². The highest BCUT2D eigenvalue weighted by Gasteiger charge is 2.33. The molecule has 3 aromatic rings. The number of Topliss-reactive ketones (excluding diaryl/α,β-unsaturated/α-hetero) is 1. The number of nitrogens with zero attached hydrogens (tertiary/aromatic N) is 4. The Morgan fingerprint density at radius 1 is 1.17 bits per heavy atom. The Labute approximate surface area is 139 Å². The average Bonchev–Trinajstić information content (AvgIpc) is 2.98. The first-order valence-electron chi connectivity index (χ1n) is 7.89. The molecular weight excluding hydrogens is 304 g/mol. The molecule has 0 fully saturated rings. The summed E-state index contributed by atoms with van der Waals surface area (Å²) in [5, 5.41) is 4.60. The minimum Gasteiger partial charge on any atom is -0.497 e. The van der Waals surface area contributed by atoms with E-state index in [4.69, 9.17) is 4.74 Å². The predicted molar refractivity (Wildman–Crippen MR) is 89.2 cm³/mol. The maximum absolute atomic E-state index is 12.4. The van der Waals surface area contributed by atoms with Gasteiger partial charge in [-0.25, -0.2) is 4.98 Å². The molecule has 2 aromatic heterocycles. The van der Waals surface area contributed by atoms with Crippen LogP contribution in [0.5, 0.6) is 5.75 Å². The van der Waals surface area contributed by atoms with Crippen LogP contribution in [0.25, 0.3) is 17.2 Å². The Balaban J connectivity index is 1.85. The third-order valence-electron chi connectivity index (χ3n) is 4.40. The van der Waals surface area contributed by atoms with Crippen LogP contribution in [0, 0.1) is 5.41 Å². The quantitative estimate of drug-likeness (QED) is 0.725. The predicted octanol–water partition coefficient (Wildman–Crippen LogP) is 2.96. The average molecular weight is 322 g/mol. The van der Waals surface area contributed by atoms with Crippen LogP contribution in [-0.2, 0) is 6.42 Å². The van der Waals surface area contributed by atoms with E-state index in [1.54, 1.807) is 17.8 Å². The smallest absolute Gasteiger partial charge is 0.252 e. The number of carbonyl (C=O) groups is 1. The highest BCUT2D eigenvalue weighted by Crippen LogP contribution is 2.34. The number of fused-ring (bicyclic) bond motifs is 3. The number of carbonyl (C=O) groups excluding carboxylic acids is 1. The molecule has 2 heterocycles. The van der Waals surface area contributed by atoms with E-state index < -0.39 is 0 Å². The lowest BCUT2D eigenvalue weighted by Crippen LogP contribution is -2.29. The maximum atomic E-state index is 12.4. The Bertz CT molecular complexity index is 942. The van der Waals surface area contributed by atoms with Gasteiger partial charge in [0.15, 0.2) is 11.6 Å². The lowest BCUT2D eigenvalue weighted by atomic mass is 9.76. The fraction of sp³-hybridized carbons (Fsp3) is 0.333. The minimum atomic E-state index is -0.0788. The van der Waals surface area contributed by atoms with Crippen LogP contribution in [-0.4, -0.2) is 32.5 Å². The van der Waals surface area contributed by atoms with Crippen LogP contribution in [0.2, 0.25) is 0 Å². The van der Waals surface area contributed by atoms with Crippen molar-refractivity contribution >= 4 is 11.6 Å². The highest BCUT2D eigenvalue weighted by atomic mass is 16.5. The Hall–Kier alpha value is -2.76. The Morgan fingerprint density at radius 3 is 2.62 bits per heavy atom. The summed E-state index contributed by atoms with van der Waals surface area (Å²) >= 11 is 0. The molecule has 0 atom stereocenters. The zero-order valence-electron chi connectivity index (χ0n) is 13.9. The van der Waals surface area contributed by atoms with Gasteiger partial charge in [-0.15, -0.1) is 5.10 Å². The van der Waals surface area contributed by atoms with Crippen molar-refractivity contribution < 1.29 is 9.53 Å². The minimum absolute atomic E-state index is 0.0788. The van der Waals surface area contributed by atoms with E-state index in [9.17, 15) is 4.79 Å². The fourth-order valence-corrected chi connectivity index (χ4v) is 3.19. The molecule has 122 valence electrons. The summed E-state index contributed by atoms with van der Waals surface area (Å²) < 4.78 is 6.89. The molecule has 0 N–H and O–H groups in total. The molecule has 0 amide bonds. The van der Waals surface area contributed by atoms with Gasteiger partial charge in [-0.1, -0.05) is 13.8 Å². The summed E-state index contributed by atoms with van der Waals surface area (Å²) in [6.45, 7) is 4.20. The summed E-state index contributed by atoms with van der Waals surface area (Å²) in [7, 11) is 1.63. The van der Waals surface area contributed by atoms with Crippen LogP contribution in [0.3, 0.4) is 0 Å². The van der Waals surface area contributed by atoms with Crippen molar-refractivity contribution in [2.75, 3.05) is 7.11 Å². The van der Waals surface area contributed by atoms with Gasteiger partial charge in [0, 0.05) is 18.2 Å². The van der Waals surface area contributed by atoms with Gasteiger partial charge in [0.2, 0.25) is 0 Å². The van der Waals surface area contributed by atoms with Crippen LogP contribution in [0.1, 0.15) is 36.3 Å². The number of hydrogen-bond donors (Lipinski definition) is 0. The normalized spacial score (nSPS) is 16.2. The van der Waals surface area contributed by atoms with Gasteiger partial charge in [0.05, 0.1) is 18.4 Å². The van der Waals surface area contributed by atoms with Gasteiger partial charge < -0.3 is 4.74 Å². The number of benzene rings is 1. The van der Waals surface area contributed by atoms with Crippen molar-refractivity contribution in [3.05, 3.63) is 41.7 Å². The molecule has 6 heteroatoms. The first kappa shape index (κ1) is 14.8. The molecular formula is C18H18N4O2. The van der Waals surface area contributed by atoms with Crippen molar-refractivity contribution in [2.45, 2.75) is 26.7 Å². The largest absolute Gasteiger partial charge is 0.497 e. The lowest BCUT2D eigenvalue weighted by molar-refractivity contribution is 0.0908.